The smallest absolute Gasteiger partial charge is 0.273 e. The first-order chi connectivity index (χ1) is 13.4. The van der Waals surface area contributed by atoms with Gasteiger partial charge in [0, 0.05) is 23.7 Å². The van der Waals surface area contributed by atoms with Gasteiger partial charge in [0.1, 0.15) is 5.75 Å². The third-order valence-electron chi connectivity index (χ3n) is 4.49. The molecule has 146 valence electrons. The van der Waals surface area contributed by atoms with Crippen molar-refractivity contribution in [1.82, 2.24) is 10.5 Å². The highest BCUT2D eigenvalue weighted by Gasteiger charge is 2.16. The van der Waals surface area contributed by atoms with Crippen LogP contribution in [0.3, 0.4) is 0 Å². The summed E-state index contributed by atoms with van der Waals surface area (Å²) >= 11 is 0. The normalized spacial score (nSPS) is 11.3. The molecule has 0 fully saturated rings. The van der Waals surface area contributed by atoms with Gasteiger partial charge in [-0.1, -0.05) is 68.4 Å². The molecular formula is C23H26N2O3. The second-order valence-electron chi connectivity index (χ2n) is 7.63. The van der Waals surface area contributed by atoms with E-state index in [1.54, 1.807) is 6.07 Å². The maximum absolute atomic E-state index is 12.4. The standard InChI is InChI=1S/C23H26N2O3/c1-5-27-20-9-7-6-8-17(20)15-24-22(26)19-14-21(28-25-19)16-10-12-18(13-11-16)23(2,3)4/h6-14H,5,15H2,1-4H3,(H,24,26). The van der Waals surface area contributed by atoms with Gasteiger partial charge in [0.05, 0.1) is 6.61 Å². The van der Waals surface area contributed by atoms with E-state index < -0.39 is 0 Å². The molecule has 28 heavy (non-hydrogen) atoms. The maximum Gasteiger partial charge on any atom is 0.273 e. The number of hydrogen-bond donors (Lipinski definition) is 1. The molecule has 0 saturated carbocycles. The molecule has 0 spiro atoms. The molecule has 1 amide bonds. The molecule has 0 unspecified atom stereocenters. The highest BCUT2D eigenvalue weighted by molar-refractivity contribution is 5.93. The predicted octanol–water partition coefficient (Wildman–Crippen LogP) is 4.97. The second-order valence-corrected chi connectivity index (χ2v) is 7.63. The van der Waals surface area contributed by atoms with Crippen LogP contribution in [0.2, 0.25) is 0 Å². The Morgan fingerprint density at radius 2 is 1.82 bits per heavy atom. The summed E-state index contributed by atoms with van der Waals surface area (Å²) in [6, 6.07) is 17.4. The van der Waals surface area contributed by atoms with E-state index in [0.29, 0.717) is 18.9 Å². The third kappa shape index (κ3) is 4.60. The molecule has 5 nitrogen and oxygen atoms in total. The van der Waals surface area contributed by atoms with Gasteiger partial charge >= 0.3 is 0 Å². The van der Waals surface area contributed by atoms with Crippen LogP contribution in [0.25, 0.3) is 11.3 Å². The summed E-state index contributed by atoms with van der Waals surface area (Å²) in [7, 11) is 0. The molecular weight excluding hydrogens is 352 g/mol. The molecule has 3 rings (SSSR count). The topological polar surface area (TPSA) is 64.4 Å². The lowest BCUT2D eigenvalue weighted by Gasteiger charge is -2.18. The number of aromatic nitrogens is 1. The molecule has 0 saturated heterocycles. The molecule has 3 aromatic rings. The lowest BCUT2D eigenvalue weighted by Crippen LogP contribution is -2.23. The van der Waals surface area contributed by atoms with Crippen molar-refractivity contribution in [2.24, 2.45) is 0 Å². The number of ether oxygens (including phenoxy) is 1. The first-order valence-electron chi connectivity index (χ1n) is 9.45. The fourth-order valence-electron chi connectivity index (χ4n) is 2.87. The van der Waals surface area contributed by atoms with E-state index in [1.807, 2.05) is 43.3 Å². The molecule has 0 atom stereocenters. The third-order valence-corrected chi connectivity index (χ3v) is 4.49. The second kappa shape index (κ2) is 8.30. The quantitative estimate of drug-likeness (QED) is 0.658. The number of carbonyl (C=O) groups is 1. The van der Waals surface area contributed by atoms with Crippen molar-refractivity contribution in [3.8, 4) is 17.1 Å². The molecule has 0 radical (unpaired) electrons. The highest BCUT2D eigenvalue weighted by atomic mass is 16.5. The Balaban J connectivity index is 1.68. The van der Waals surface area contributed by atoms with E-state index in [2.05, 4.69) is 43.4 Å². The van der Waals surface area contributed by atoms with E-state index in [1.165, 1.54) is 5.56 Å². The monoisotopic (exact) mass is 378 g/mol. The number of carbonyl (C=O) groups excluding carboxylic acids is 1. The minimum Gasteiger partial charge on any atom is -0.494 e. The predicted molar refractivity (Wildman–Crippen MR) is 109 cm³/mol. The van der Waals surface area contributed by atoms with E-state index in [4.69, 9.17) is 9.26 Å². The summed E-state index contributed by atoms with van der Waals surface area (Å²) in [6.07, 6.45) is 0. The van der Waals surface area contributed by atoms with Gasteiger partial charge < -0.3 is 14.6 Å². The van der Waals surface area contributed by atoms with Crippen molar-refractivity contribution in [2.75, 3.05) is 6.61 Å². The summed E-state index contributed by atoms with van der Waals surface area (Å²) in [5, 5.41) is 6.78. The van der Waals surface area contributed by atoms with Crippen LogP contribution in [0.15, 0.2) is 59.1 Å². The van der Waals surface area contributed by atoms with Crippen molar-refractivity contribution in [2.45, 2.75) is 39.7 Å². The van der Waals surface area contributed by atoms with Gasteiger partial charge in [-0.2, -0.15) is 0 Å². The van der Waals surface area contributed by atoms with Crippen LogP contribution in [0.1, 0.15) is 49.3 Å². The van der Waals surface area contributed by atoms with Gasteiger partial charge in [0.15, 0.2) is 11.5 Å². The molecule has 1 aromatic heterocycles. The van der Waals surface area contributed by atoms with Crippen LogP contribution in [0.4, 0.5) is 0 Å². The van der Waals surface area contributed by atoms with Gasteiger partial charge in [0.25, 0.3) is 5.91 Å². The zero-order chi connectivity index (χ0) is 20.1. The van der Waals surface area contributed by atoms with E-state index in [9.17, 15) is 4.79 Å². The molecule has 1 N–H and O–H groups in total. The molecule has 0 aliphatic rings. The summed E-state index contributed by atoms with van der Waals surface area (Å²) in [4.78, 5) is 12.4. The van der Waals surface area contributed by atoms with Crippen LogP contribution in [-0.4, -0.2) is 17.7 Å². The van der Waals surface area contributed by atoms with E-state index in [-0.39, 0.29) is 17.0 Å². The molecule has 1 heterocycles. The average molecular weight is 378 g/mol. The van der Waals surface area contributed by atoms with Crippen LogP contribution in [-0.2, 0) is 12.0 Å². The van der Waals surface area contributed by atoms with E-state index >= 15 is 0 Å². The molecule has 0 aliphatic heterocycles. The van der Waals surface area contributed by atoms with Crippen LogP contribution >= 0.6 is 0 Å². The zero-order valence-electron chi connectivity index (χ0n) is 16.8. The van der Waals surface area contributed by atoms with Crippen LogP contribution < -0.4 is 10.1 Å². The number of nitrogens with zero attached hydrogens (tertiary/aromatic N) is 1. The minimum absolute atomic E-state index is 0.0861. The fraction of sp³-hybridized carbons (Fsp3) is 0.304. The largest absolute Gasteiger partial charge is 0.494 e. The van der Waals surface area contributed by atoms with Crippen molar-refractivity contribution >= 4 is 5.91 Å². The number of rotatable bonds is 6. The SMILES string of the molecule is CCOc1ccccc1CNC(=O)c1cc(-c2ccc(C(C)(C)C)cc2)on1. The summed E-state index contributed by atoms with van der Waals surface area (Å²) in [5.74, 6) is 1.05. The average Bonchev–Trinajstić information content (AvgIpc) is 3.17. The number of amides is 1. The van der Waals surface area contributed by atoms with Crippen LogP contribution in [0, 0.1) is 0 Å². The fourth-order valence-corrected chi connectivity index (χ4v) is 2.87. The first kappa shape index (κ1) is 19.7. The van der Waals surface area contributed by atoms with Crippen molar-refractivity contribution < 1.29 is 14.1 Å². The lowest BCUT2D eigenvalue weighted by atomic mass is 9.86. The van der Waals surface area contributed by atoms with Gasteiger partial charge in [-0.05, 0) is 24.0 Å². The van der Waals surface area contributed by atoms with Gasteiger partial charge in [-0.25, -0.2) is 0 Å². The van der Waals surface area contributed by atoms with Crippen LogP contribution in [0.5, 0.6) is 5.75 Å². The molecule has 2 aromatic carbocycles. The Morgan fingerprint density at radius 1 is 1.11 bits per heavy atom. The van der Waals surface area contributed by atoms with Crippen molar-refractivity contribution in [3.63, 3.8) is 0 Å². The molecule has 0 bridgehead atoms. The maximum atomic E-state index is 12.4. The van der Waals surface area contributed by atoms with E-state index in [0.717, 1.165) is 16.9 Å². The number of benzene rings is 2. The number of para-hydroxylation sites is 1. The Labute approximate surface area is 165 Å². The summed E-state index contributed by atoms with van der Waals surface area (Å²) in [6.45, 7) is 9.37. The van der Waals surface area contributed by atoms with Gasteiger partial charge in [-0.15, -0.1) is 0 Å². The molecule has 5 heteroatoms. The highest BCUT2D eigenvalue weighted by Crippen LogP contribution is 2.26. The minimum atomic E-state index is -0.285. The zero-order valence-corrected chi connectivity index (χ0v) is 16.8. The Bertz CT molecular complexity index is 937. The van der Waals surface area contributed by atoms with Gasteiger partial charge in [-0.3, -0.25) is 4.79 Å². The Kier molecular flexibility index (Phi) is 5.83. The summed E-state index contributed by atoms with van der Waals surface area (Å²) in [5.41, 5.74) is 3.38. The Hall–Kier alpha value is -3.08. The van der Waals surface area contributed by atoms with Gasteiger partial charge in [0.2, 0.25) is 0 Å². The number of hydrogen-bond acceptors (Lipinski definition) is 4. The summed E-state index contributed by atoms with van der Waals surface area (Å²) < 4.78 is 11.0. The molecule has 0 aliphatic carbocycles. The van der Waals surface area contributed by atoms with Crippen molar-refractivity contribution in [3.05, 3.63) is 71.4 Å². The number of nitrogens with one attached hydrogen (secondary N) is 1. The first-order valence-corrected chi connectivity index (χ1v) is 9.45. The Morgan fingerprint density at radius 3 is 2.50 bits per heavy atom. The van der Waals surface area contributed by atoms with Crippen molar-refractivity contribution in [1.29, 1.82) is 0 Å². The lowest BCUT2D eigenvalue weighted by molar-refractivity contribution is 0.0941.